The summed E-state index contributed by atoms with van der Waals surface area (Å²) in [4.78, 5) is 6.42. The molecule has 1 aromatic heterocycles. The number of aryl methyl sites for hydroxylation is 1. The largest absolute Gasteiger partial charge is 0.305 e. The van der Waals surface area contributed by atoms with Crippen LogP contribution in [0.1, 0.15) is 17.1 Å². The Morgan fingerprint density at radius 1 is 1.44 bits per heavy atom. The summed E-state index contributed by atoms with van der Waals surface area (Å²) in [6.07, 6.45) is 3.17. The van der Waals surface area contributed by atoms with Gasteiger partial charge in [0.1, 0.15) is 9.84 Å². The Bertz CT molecular complexity index is 459. The normalized spacial score (nSPS) is 12.2. The molecule has 0 bridgehead atoms. The summed E-state index contributed by atoms with van der Waals surface area (Å²) in [5.74, 6) is 0.682. The lowest BCUT2D eigenvalue weighted by Gasteiger charge is -2.15. The fraction of sp³-hybridized carbons (Fsp3) is 0.727. The van der Waals surface area contributed by atoms with E-state index in [9.17, 15) is 8.42 Å². The van der Waals surface area contributed by atoms with Gasteiger partial charge in [0.05, 0.1) is 22.3 Å². The van der Waals surface area contributed by atoms with Crippen molar-refractivity contribution < 1.29 is 8.42 Å². The summed E-state index contributed by atoms with van der Waals surface area (Å²) in [6, 6.07) is 0. The van der Waals surface area contributed by atoms with Gasteiger partial charge in [-0.05, 0) is 20.0 Å². The highest BCUT2D eigenvalue weighted by molar-refractivity contribution is 7.90. The highest BCUT2D eigenvalue weighted by Crippen LogP contribution is 2.13. The number of aromatic nitrogens is 1. The molecule has 0 aliphatic rings. The van der Waals surface area contributed by atoms with Crippen LogP contribution in [0.2, 0.25) is 0 Å². The lowest BCUT2D eigenvalue weighted by atomic mass is 10.3. The number of thiazole rings is 1. The Morgan fingerprint density at radius 2 is 2.17 bits per heavy atom. The minimum atomic E-state index is -2.86. The summed E-state index contributed by atoms with van der Waals surface area (Å²) in [7, 11) is -0.921. The van der Waals surface area contributed by atoms with Crippen molar-refractivity contribution in [3.05, 3.63) is 16.1 Å². The van der Waals surface area contributed by atoms with Crippen molar-refractivity contribution >= 4 is 32.8 Å². The maximum atomic E-state index is 11.0. The quantitative estimate of drug-likeness (QED) is 0.687. The van der Waals surface area contributed by atoms with Gasteiger partial charge in [-0.1, -0.05) is 0 Å². The predicted octanol–water partition coefficient (Wildman–Crippen LogP) is 1.79. The Morgan fingerprint density at radius 3 is 2.72 bits per heavy atom. The van der Waals surface area contributed by atoms with Gasteiger partial charge in [-0.15, -0.1) is 22.9 Å². The van der Waals surface area contributed by atoms with Crippen molar-refractivity contribution in [1.29, 1.82) is 0 Å². The van der Waals surface area contributed by atoms with Crippen LogP contribution in [0.25, 0.3) is 0 Å². The zero-order valence-electron chi connectivity index (χ0n) is 10.7. The summed E-state index contributed by atoms with van der Waals surface area (Å²) >= 11 is 7.32. The number of halogens is 1. The standard InChI is InChI=1S/C11H19ClN2O2S2/c1-14(6-7-18(2,15)16)5-3-4-11-13-10(8-12)9-17-11/h9H,3-8H2,1-2H3. The van der Waals surface area contributed by atoms with E-state index in [0.717, 1.165) is 30.1 Å². The number of sulfone groups is 1. The molecule has 0 atom stereocenters. The number of hydrogen-bond donors (Lipinski definition) is 0. The molecule has 0 spiro atoms. The molecular weight excluding hydrogens is 292 g/mol. The molecule has 0 radical (unpaired) electrons. The first-order valence-electron chi connectivity index (χ1n) is 5.76. The Labute approximate surface area is 118 Å². The second-order valence-corrected chi connectivity index (χ2v) is 7.87. The van der Waals surface area contributed by atoms with Gasteiger partial charge >= 0.3 is 0 Å². The summed E-state index contributed by atoms with van der Waals surface area (Å²) in [6.45, 7) is 1.47. The lowest BCUT2D eigenvalue weighted by molar-refractivity contribution is 0.348. The summed E-state index contributed by atoms with van der Waals surface area (Å²) in [5.41, 5.74) is 0.932. The zero-order valence-corrected chi connectivity index (χ0v) is 13.1. The van der Waals surface area contributed by atoms with Crippen LogP contribution in [0, 0.1) is 0 Å². The molecule has 1 rings (SSSR count). The van der Waals surface area contributed by atoms with Crippen molar-refractivity contribution in [2.45, 2.75) is 18.7 Å². The second kappa shape index (κ2) is 7.43. The molecule has 0 aliphatic heterocycles. The first-order chi connectivity index (χ1) is 8.40. The second-order valence-electron chi connectivity index (χ2n) is 4.40. The Hall–Kier alpha value is -0.170. The first kappa shape index (κ1) is 15.9. The van der Waals surface area contributed by atoms with Gasteiger partial charge in [0.15, 0.2) is 0 Å². The van der Waals surface area contributed by atoms with Crippen LogP contribution in [0.5, 0.6) is 0 Å². The molecule has 18 heavy (non-hydrogen) atoms. The van der Waals surface area contributed by atoms with Crippen molar-refractivity contribution in [2.24, 2.45) is 0 Å². The predicted molar refractivity (Wildman–Crippen MR) is 77.2 cm³/mol. The molecule has 0 saturated heterocycles. The van der Waals surface area contributed by atoms with Gasteiger partial charge in [-0.3, -0.25) is 0 Å². The van der Waals surface area contributed by atoms with E-state index in [1.807, 2.05) is 17.3 Å². The van der Waals surface area contributed by atoms with Gasteiger partial charge in [-0.25, -0.2) is 13.4 Å². The van der Waals surface area contributed by atoms with E-state index in [-0.39, 0.29) is 5.75 Å². The van der Waals surface area contributed by atoms with Gasteiger partial charge in [0, 0.05) is 24.6 Å². The van der Waals surface area contributed by atoms with Crippen LogP contribution in [-0.4, -0.2) is 50.4 Å². The van der Waals surface area contributed by atoms with Crippen LogP contribution in [0.3, 0.4) is 0 Å². The third-order valence-corrected chi connectivity index (χ3v) is 4.67. The van der Waals surface area contributed by atoms with Crippen LogP contribution in [-0.2, 0) is 22.1 Å². The van der Waals surface area contributed by atoms with E-state index in [2.05, 4.69) is 4.98 Å². The molecule has 7 heteroatoms. The monoisotopic (exact) mass is 310 g/mol. The highest BCUT2D eigenvalue weighted by atomic mass is 35.5. The lowest BCUT2D eigenvalue weighted by Crippen LogP contribution is -2.26. The van der Waals surface area contributed by atoms with E-state index in [1.54, 1.807) is 11.3 Å². The van der Waals surface area contributed by atoms with Gasteiger partial charge in [0.25, 0.3) is 0 Å². The van der Waals surface area contributed by atoms with Crippen LogP contribution in [0.4, 0.5) is 0 Å². The van der Waals surface area contributed by atoms with Gasteiger partial charge < -0.3 is 4.90 Å². The molecule has 4 nitrogen and oxygen atoms in total. The Balaban J connectivity index is 2.21. The molecule has 1 aromatic rings. The van der Waals surface area contributed by atoms with Crippen LogP contribution in [0.15, 0.2) is 5.38 Å². The first-order valence-corrected chi connectivity index (χ1v) is 9.23. The van der Waals surface area contributed by atoms with E-state index in [0.29, 0.717) is 12.4 Å². The third-order valence-electron chi connectivity index (χ3n) is 2.51. The third kappa shape index (κ3) is 6.68. The Kier molecular flexibility index (Phi) is 6.55. The number of rotatable bonds is 8. The number of hydrogen-bond acceptors (Lipinski definition) is 5. The fourth-order valence-corrected chi connectivity index (χ4v) is 3.17. The molecule has 0 aliphatic carbocycles. The van der Waals surface area contributed by atoms with E-state index >= 15 is 0 Å². The zero-order chi connectivity index (χ0) is 13.6. The topological polar surface area (TPSA) is 50.3 Å². The molecular formula is C11H19ClN2O2S2. The maximum Gasteiger partial charge on any atom is 0.148 e. The molecule has 0 aromatic carbocycles. The van der Waals surface area contributed by atoms with Crippen molar-refractivity contribution in [3.8, 4) is 0 Å². The van der Waals surface area contributed by atoms with E-state index in [4.69, 9.17) is 11.6 Å². The number of nitrogens with zero attached hydrogens (tertiary/aromatic N) is 2. The molecule has 1 heterocycles. The average molecular weight is 311 g/mol. The summed E-state index contributed by atoms with van der Waals surface area (Å²) in [5, 5.41) is 3.08. The van der Waals surface area contributed by atoms with Crippen molar-refractivity contribution in [3.63, 3.8) is 0 Å². The van der Waals surface area contributed by atoms with Crippen LogP contribution < -0.4 is 0 Å². The molecule has 0 N–H and O–H groups in total. The van der Waals surface area contributed by atoms with Crippen molar-refractivity contribution in [2.75, 3.05) is 32.1 Å². The van der Waals surface area contributed by atoms with Gasteiger partial charge in [-0.2, -0.15) is 0 Å². The molecule has 0 unspecified atom stereocenters. The van der Waals surface area contributed by atoms with Crippen LogP contribution >= 0.6 is 22.9 Å². The summed E-state index contributed by atoms with van der Waals surface area (Å²) < 4.78 is 22.0. The fourth-order valence-electron chi connectivity index (χ4n) is 1.46. The highest BCUT2D eigenvalue weighted by Gasteiger charge is 2.06. The van der Waals surface area contributed by atoms with E-state index in [1.165, 1.54) is 6.26 Å². The van der Waals surface area contributed by atoms with Crippen molar-refractivity contribution in [1.82, 2.24) is 9.88 Å². The number of alkyl halides is 1. The van der Waals surface area contributed by atoms with E-state index < -0.39 is 9.84 Å². The van der Waals surface area contributed by atoms with Gasteiger partial charge in [0.2, 0.25) is 0 Å². The minimum Gasteiger partial charge on any atom is -0.305 e. The molecule has 104 valence electrons. The molecule has 0 amide bonds. The smallest absolute Gasteiger partial charge is 0.148 e. The molecule has 0 saturated carbocycles. The maximum absolute atomic E-state index is 11.0. The average Bonchev–Trinajstić information content (AvgIpc) is 2.73. The minimum absolute atomic E-state index is 0.219. The SMILES string of the molecule is CN(CCCc1nc(CCl)cs1)CCS(C)(=O)=O. The molecule has 0 fully saturated rings.